The Kier molecular flexibility index (Phi) is 5.58. The predicted molar refractivity (Wildman–Crippen MR) is 119 cm³/mol. The van der Waals surface area contributed by atoms with E-state index in [4.69, 9.17) is 4.74 Å². The topological polar surface area (TPSA) is 77.6 Å². The number of carbonyl (C=O) groups excluding carboxylic acids is 1. The zero-order chi connectivity index (χ0) is 22.0. The molecule has 2 aromatic carbocycles. The molecule has 0 saturated heterocycles. The Balaban J connectivity index is 1.66. The smallest absolute Gasteiger partial charge is 0.275 e. The second kappa shape index (κ2) is 8.47. The van der Waals surface area contributed by atoms with Gasteiger partial charge in [-0.1, -0.05) is 31.2 Å². The van der Waals surface area contributed by atoms with Crippen molar-refractivity contribution in [1.82, 2.24) is 19.3 Å². The van der Waals surface area contributed by atoms with E-state index in [2.05, 4.69) is 29.4 Å². The normalized spacial score (nSPS) is 10.9. The van der Waals surface area contributed by atoms with E-state index in [-0.39, 0.29) is 11.6 Å². The maximum Gasteiger partial charge on any atom is 0.275 e. The number of benzene rings is 2. The number of aromatic nitrogens is 3. The molecule has 2 heterocycles. The molecular formula is C24H24N4O3. The van der Waals surface area contributed by atoms with Gasteiger partial charge in [0.1, 0.15) is 11.4 Å². The van der Waals surface area contributed by atoms with Crippen molar-refractivity contribution in [3.05, 3.63) is 88.0 Å². The molecule has 0 atom stereocenters. The highest BCUT2D eigenvalue weighted by Gasteiger charge is 2.17. The van der Waals surface area contributed by atoms with Crippen LogP contribution >= 0.6 is 0 Å². The molecule has 0 bridgehead atoms. The lowest BCUT2D eigenvalue weighted by Gasteiger charge is -2.08. The summed E-state index contributed by atoms with van der Waals surface area (Å²) < 4.78 is 8.66. The number of hydrogen-bond donors (Lipinski definition) is 1. The van der Waals surface area contributed by atoms with Crippen molar-refractivity contribution in [2.24, 2.45) is 7.05 Å². The molecule has 0 fully saturated rings. The van der Waals surface area contributed by atoms with Gasteiger partial charge in [0.25, 0.3) is 11.5 Å². The second-order valence-corrected chi connectivity index (χ2v) is 7.30. The summed E-state index contributed by atoms with van der Waals surface area (Å²) in [7, 11) is 3.43. The fourth-order valence-electron chi connectivity index (χ4n) is 3.53. The number of methoxy groups -OCH3 is 1. The Morgan fingerprint density at radius 1 is 1.06 bits per heavy atom. The highest BCUT2D eigenvalue weighted by atomic mass is 16.5. The van der Waals surface area contributed by atoms with Crippen LogP contribution in [0.5, 0.6) is 5.75 Å². The summed E-state index contributed by atoms with van der Waals surface area (Å²) in [5.41, 5.74) is 3.77. The van der Waals surface area contributed by atoms with Crippen LogP contribution in [0.15, 0.2) is 65.6 Å². The summed E-state index contributed by atoms with van der Waals surface area (Å²) in [6.07, 6.45) is 2.78. The summed E-state index contributed by atoms with van der Waals surface area (Å²) in [5, 5.41) is 2.90. The molecule has 4 aromatic rings. The van der Waals surface area contributed by atoms with Gasteiger partial charge in [0.05, 0.1) is 12.8 Å². The summed E-state index contributed by atoms with van der Waals surface area (Å²) in [5.74, 6) is 0.818. The fraction of sp³-hybridized carbons (Fsp3) is 0.208. The number of ether oxygens (including phenoxy) is 1. The molecule has 0 spiro atoms. The largest absolute Gasteiger partial charge is 0.497 e. The number of imidazole rings is 1. The molecule has 7 heteroatoms. The molecule has 7 nitrogen and oxygen atoms in total. The van der Waals surface area contributed by atoms with E-state index in [1.165, 1.54) is 11.6 Å². The zero-order valence-corrected chi connectivity index (χ0v) is 17.8. The molecule has 31 heavy (non-hydrogen) atoms. The molecule has 0 aliphatic heterocycles. The number of rotatable bonds is 6. The molecule has 4 rings (SSSR count). The van der Waals surface area contributed by atoms with Crippen molar-refractivity contribution in [1.29, 1.82) is 0 Å². The van der Waals surface area contributed by atoms with Gasteiger partial charge in [0, 0.05) is 31.4 Å². The first-order chi connectivity index (χ1) is 15.0. The SMILES string of the molecule is CCc1ccc(CNC(=O)c2cc(=O)nc3n(C)c(-c4ccc(OC)cc4)cn23)cc1. The predicted octanol–water partition coefficient (Wildman–Crippen LogP) is 3.20. The maximum absolute atomic E-state index is 12.9. The zero-order valence-electron chi connectivity index (χ0n) is 17.8. The molecule has 158 valence electrons. The number of hydrogen-bond acceptors (Lipinski definition) is 4. The fourth-order valence-corrected chi connectivity index (χ4v) is 3.53. The Bertz CT molecular complexity index is 1290. The van der Waals surface area contributed by atoms with E-state index >= 15 is 0 Å². The first-order valence-electron chi connectivity index (χ1n) is 10.1. The van der Waals surface area contributed by atoms with Crippen LogP contribution in [0.2, 0.25) is 0 Å². The van der Waals surface area contributed by atoms with Crippen molar-refractivity contribution in [2.45, 2.75) is 19.9 Å². The van der Waals surface area contributed by atoms with E-state index in [9.17, 15) is 9.59 Å². The van der Waals surface area contributed by atoms with Gasteiger partial charge in [-0.2, -0.15) is 4.98 Å². The van der Waals surface area contributed by atoms with Gasteiger partial charge in [-0.3, -0.25) is 14.0 Å². The summed E-state index contributed by atoms with van der Waals surface area (Å²) in [6, 6.07) is 16.9. The number of amides is 1. The van der Waals surface area contributed by atoms with Crippen LogP contribution in [0.3, 0.4) is 0 Å². The summed E-state index contributed by atoms with van der Waals surface area (Å²) in [4.78, 5) is 29.2. The number of fused-ring (bicyclic) bond motifs is 1. The highest BCUT2D eigenvalue weighted by molar-refractivity contribution is 5.93. The van der Waals surface area contributed by atoms with Crippen LogP contribution < -0.4 is 15.6 Å². The molecule has 2 aromatic heterocycles. The third-order valence-corrected chi connectivity index (χ3v) is 5.36. The third kappa shape index (κ3) is 4.07. The van der Waals surface area contributed by atoms with Crippen LogP contribution in [-0.2, 0) is 20.0 Å². The highest BCUT2D eigenvalue weighted by Crippen LogP contribution is 2.24. The Labute approximate surface area is 179 Å². The summed E-state index contributed by atoms with van der Waals surface area (Å²) in [6.45, 7) is 2.48. The van der Waals surface area contributed by atoms with E-state index in [1.807, 2.05) is 49.6 Å². The standard InChI is InChI=1S/C24H24N4O3/c1-4-16-5-7-17(8-6-16)14-25-23(30)20-13-22(29)26-24-27(2)21(15-28(20)24)18-9-11-19(31-3)12-10-18/h5-13,15H,4,14H2,1-3H3,(H,25,30). The van der Waals surface area contributed by atoms with Gasteiger partial charge in [-0.15, -0.1) is 0 Å². The number of aryl methyl sites for hydroxylation is 2. The maximum atomic E-state index is 12.9. The second-order valence-electron chi connectivity index (χ2n) is 7.30. The van der Waals surface area contributed by atoms with E-state index < -0.39 is 5.56 Å². The Hall–Kier alpha value is -3.87. The third-order valence-electron chi connectivity index (χ3n) is 5.36. The van der Waals surface area contributed by atoms with E-state index in [0.29, 0.717) is 12.3 Å². The first-order valence-corrected chi connectivity index (χ1v) is 10.1. The van der Waals surface area contributed by atoms with Crippen molar-refractivity contribution in [2.75, 3.05) is 7.11 Å². The van der Waals surface area contributed by atoms with Crippen molar-refractivity contribution in [3.63, 3.8) is 0 Å². The van der Waals surface area contributed by atoms with Crippen LogP contribution in [-0.4, -0.2) is 27.0 Å². The minimum Gasteiger partial charge on any atom is -0.497 e. The van der Waals surface area contributed by atoms with Gasteiger partial charge >= 0.3 is 0 Å². The quantitative estimate of drug-likeness (QED) is 0.524. The van der Waals surface area contributed by atoms with Crippen LogP contribution in [0.25, 0.3) is 17.0 Å². The average Bonchev–Trinajstić information content (AvgIpc) is 3.13. The lowest BCUT2D eigenvalue weighted by atomic mass is 10.1. The van der Waals surface area contributed by atoms with Crippen molar-refractivity contribution in [3.8, 4) is 17.0 Å². The molecule has 1 amide bonds. The van der Waals surface area contributed by atoms with Gasteiger partial charge in [-0.25, -0.2) is 0 Å². The molecule has 0 radical (unpaired) electrons. The molecule has 0 aliphatic rings. The van der Waals surface area contributed by atoms with E-state index in [1.54, 1.807) is 16.1 Å². The lowest BCUT2D eigenvalue weighted by Crippen LogP contribution is -2.27. The van der Waals surface area contributed by atoms with E-state index in [0.717, 1.165) is 29.0 Å². The number of nitrogens with one attached hydrogen (secondary N) is 1. The van der Waals surface area contributed by atoms with Crippen LogP contribution in [0.1, 0.15) is 28.5 Å². The lowest BCUT2D eigenvalue weighted by molar-refractivity contribution is 0.0944. The Morgan fingerprint density at radius 2 is 1.74 bits per heavy atom. The monoisotopic (exact) mass is 416 g/mol. The number of nitrogens with zero attached hydrogens (tertiary/aromatic N) is 3. The molecule has 0 aliphatic carbocycles. The molecule has 1 N–H and O–H groups in total. The minimum absolute atomic E-state index is 0.246. The number of carbonyl (C=O) groups is 1. The van der Waals surface area contributed by atoms with Gasteiger partial charge in [0.15, 0.2) is 0 Å². The summed E-state index contributed by atoms with van der Waals surface area (Å²) >= 11 is 0. The van der Waals surface area contributed by atoms with Crippen LogP contribution in [0, 0.1) is 0 Å². The van der Waals surface area contributed by atoms with Crippen LogP contribution in [0.4, 0.5) is 0 Å². The van der Waals surface area contributed by atoms with Crippen molar-refractivity contribution < 1.29 is 9.53 Å². The van der Waals surface area contributed by atoms with Gasteiger partial charge in [-0.05, 0) is 41.8 Å². The van der Waals surface area contributed by atoms with Gasteiger partial charge in [0.2, 0.25) is 5.78 Å². The first kappa shape index (κ1) is 20.4. The van der Waals surface area contributed by atoms with Gasteiger partial charge < -0.3 is 14.6 Å². The average molecular weight is 416 g/mol. The minimum atomic E-state index is -0.458. The van der Waals surface area contributed by atoms with Crippen molar-refractivity contribution >= 4 is 11.7 Å². The molecule has 0 unspecified atom stereocenters. The molecule has 0 saturated carbocycles. The Morgan fingerprint density at radius 3 is 2.39 bits per heavy atom. The molecular weight excluding hydrogens is 392 g/mol.